The molecule has 5 nitrogen and oxygen atoms in total. The van der Waals surface area contributed by atoms with Crippen LogP contribution in [0.3, 0.4) is 0 Å². The molecule has 1 unspecified atom stereocenters. The first-order valence-electron chi connectivity index (χ1n) is 6.98. The Balaban J connectivity index is 1.66. The Labute approximate surface area is 122 Å². The van der Waals surface area contributed by atoms with Crippen molar-refractivity contribution in [2.45, 2.75) is 12.6 Å². The van der Waals surface area contributed by atoms with Gasteiger partial charge in [-0.15, -0.1) is 0 Å². The minimum Gasteiger partial charge on any atom is -0.353 e. The highest BCUT2D eigenvalue weighted by atomic mass is 16.2. The highest BCUT2D eigenvalue weighted by Gasteiger charge is 2.23. The molecular formula is C16H17N3O2. The first-order valence-corrected chi connectivity index (χ1v) is 6.98. The Morgan fingerprint density at radius 3 is 2.81 bits per heavy atom. The number of rotatable bonds is 3. The van der Waals surface area contributed by atoms with Crippen molar-refractivity contribution in [3.8, 4) is 0 Å². The lowest BCUT2D eigenvalue weighted by Gasteiger charge is -2.23. The van der Waals surface area contributed by atoms with Crippen LogP contribution in [-0.2, 0) is 16.1 Å². The monoisotopic (exact) mass is 283 g/mol. The maximum atomic E-state index is 12.1. The number of fused-ring (bicyclic) bond motifs is 1. The summed E-state index contributed by atoms with van der Waals surface area (Å²) in [4.78, 5) is 23.1. The zero-order valence-corrected chi connectivity index (χ0v) is 11.6. The molecule has 2 amide bonds. The van der Waals surface area contributed by atoms with Crippen molar-refractivity contribution in [1.82, 2.24) is 16.0 Å². The van der Waals surface area contributed by atoms with E-state index in [2.05, 4.69) is 34.1 Å². The molecule has 1 heterocycles. The summed E-state index contributed by atoms with van der Waals surface area (Å²) in [6.07, 6.45) is 0. The first kappa shape index (κ1) is 13.6. The first-order chi connectivity index (χ1) is 10.2. The lowest BCUT2D eigenvalue weighted by atomic mass is 10.0. The van der Waals surface area contributed by atoms with Gasteiger partial charge in [-0.1, -0.05) is 42.5 Å². The summed E-state index contributed by atoms with van der Waals surface area (Å²) in [6.45, 7) is 0.999. The van der Waals surface area contributed by atoms with Crippen molar-refractivity contribution in [2.24, 2.45) is 0 Å². The molecule has 3 rings (SSSR count). The maximum Gasteiger partial charge on any atom is 0.239 e. The Morgan fingerprint density at radius 1 is 1.19 bits per heavy atom. The molecule has 2 aromatic carbocycles. The molecule has 0 saturated carbocycles. The molecule has 3 N–H and O–H groups in total. The average Bonchev–Trinajstić information content (AvgIpc) is 2.53. The van der Waals surface area contributed by atoms with E-state index in [1.807, 2.05) is 24.3 Å². The van der Waals surface area contributed by atoms with Crippen LogP contribution in [0.15, 0.2) is 42.5 Å². The Morgan fingerprint density at radius 2 is 2.00 bits per heavy atom. The molecule has 0 radical (unpaired) electrons. The third-order valence-electron chi connectivity index (χ3n) is 3.66. The third kappa shape index (κ3) is 3.03. The summed E-state index contributed by atoms with van der Waals surface area (Å²) in [6, 6.07) is 13.8. The Bertz CT molecular complexity index is 669. The Hall–Kier alpha value is -2.40. The van der Waals surface area contributed by atoms with Crippen LogP contribution in [-0.4, -0.2) is 30.9 Å². The fraction of sp³-hybridized carbons (Fsp3) is 0.250. The molecule has 1 saturated heterocycles. The molecule has 1 fully saturated rings. The highest BCUT2D eigenvalue weighted by molar-refractivity contribution is 5.88. The number of carbonyl (C=O) groups excluding carboxylic acids is 2. The number of benzene rings is 2. The summed E-state index contributed by atoms with van der Waals surface area (Å²) in [5.74, 6) is -0.170. The van der Waals surface area contributed by atoms with E-state index in [4.69, 9.17) is 0 Å². The van der Waals surface area contributed by atoms with Gasteiger partial charge in [-0.05, 0) is 16.3 Å². The zero-order valence-electron chi connectivity index (χ0n) is 11.6. The lowest BCUT2D eigenvalue weighted by Crippen LogP contribution is -2.57. The fourth-order valence-electron chi connectivity index (χ4n) is 2.50. The van der Waals surface area contributed by atoms with Crippen molar-refractivity contribution >= 4 is 22.6 Å². The van der Waals surface area contributed by atoms with Crippen molar-refractivity contribution in [3.05, 3.63) is 48.0 Å². The third-order valence-corrected chi connectivity index (χ3v) is 3.66. The van der Waals surface area contributed by atoms with Crippen molar-refractivity contribution < 1.29 is 9.59 Å². The number of amides is 2. The van der Waals surface area contributed by atoms with Crippen molar-refractivity contribution in [1.29, 1.82) is 0 Å². The van der Waals surface area contributed by atoms with E-state index in [0.29, 0.717) is 13.1 Å². The normalized spacial score (nSPS) is 18.3. The molecule has 0 bridgehead atoms. The predicted molar refractivity (Wildman–Crippen MR) is 80.6 cm³/mol. The van der Waals surface area contributed by atoms with Crippen molar-refractivity contribution in [3.63, 3.8) is 0 Å². The minimum atomic E-state index is -0.363. The number of nitrogens with one attached hydrogen (secondary N) is 3. The average molecular weight is 283 g/mol. The largest absolute Gasteiger partial charge is 0.353 e. The Kier molecular flexibility index (Phi) is 3.83. The molecule has 21 heavy (non-hydrogen) atoms. The van der Waals surface area contributed by atoms with Gasteiger partial charge < -0.3 is 10.6 Å². The van der Waals surface area contributed by atoms with Gasteiger partial charge in [0.05, 0.1) is 6.54 Å². The number of carbonyl (C=O) groups is 2. The molecule has 0 aliphatic carbocycles. The second kappa shape index (κ2) is 5.93. The minimum absolute atomic E-state index is 0.0758. The van der Waals surface area contributed by atoms with Gasteiger partial charge in [0.1, 0.15) is 6.04 Å². The van der Waals surface area contributed by atoms with Crippen LogP contribution in [0.25, 0.3) is 10.8 Å². The van der Waals surface area contributed by atoms with Crippen LogP contribution in [0.5, 0.6) is 0 Å². The van der Waals surface area contributed by atoms with Crippen LogP contribution in [0.4, 0.5) is 0 Å². The molecule has 1 aliphatic rings. The van der Waals surface area contributed by atoms with E-state index in [0.717, 1.165) is 16.3 Å². The highest BCUT2D eigenvalue weighted by Crippen LogP contribution is 2.18. The van der Waals surface area contributed by atoms with E-state index >= 15 is 0 Å². The zero-order chi connectivity index (χ0) is 14.7. The van der Waals surface area contributed by atoms with E-state index in [-0.39, 0.29) is 24.4 Å². The molecule has 5 heteroatoms. The molecule has 1 aliphatic heterocycles. The van der Waals surface area contributed by atoms with Gasteiger partial charge in [0.15, 0.2) is 0 Å². The summed E-state index contributed by atoms with van der Waals surface area (Å²) in [7, 11) is 0. The van der Waals surface area contributed by atoms with Crippen LogP contribution in [0.2, 0.25) is 0 Å². The maximum absolute atomic E-state index is 12.1. The van der Waals surface area contributed by atoms with Crippen LogP contribution in [0, 0.1) is 0 Å². The number of hydrogen-bond acceptors (Lipinski definition) is 3. The van der Waals surface area contributed by atoms with Gasteiger partial charge >= 0.3 is 0 Å². The second-order valence-electron chi connectivity index (χ2n) is 5.09. The van der Waals surface area contributed by atoms with Gasteiger partial charge in [0, 0.05) is 13.1 Å². The van der Waals surface area contributed by atoms with E-state index < -0.39 is 0 Å². The number of hydrogen-bond donors (Lipinski definition) is 3. The lowest BCUT2D eigenvalue weighted by molar-refractivity contribution is -0.126. The van der Waals surface area contributed by atoms with E-state index in [1.54, 1.807) is 0 Å². The molecule has 2 aromatic rings. The van der Waals surface area contributed by atoms with Crippen LogP contribution >= 0.6 is 0 Å². The van der Waals surface area contributed by atoms with E-state index in [9.17, 15) is 9.59 Å². The van der Waals surface area contributed by atoms with Gasteiger partial charge in [-0.25, -0.2) is 0 Å². The SMILES string of the molecule is O=C1CNC(C(=O)NCc2cccc3ccccc23)CN1. The standard InChI is InChI=1S/C16H17N3O2/c20-15-10-17-14(9-18-15)16(21)19-8-12-6-3-5-11-4-1-2-7-13(11)12/h1-7,14,17H,8-10H2,(H,18,20)(H,19,21). The van der Waals surface area contributed by atoms with Crippen LogP contribution in [0.1, 0.15) is 5.56 Å². The van der Waals surface area contributed by atoms with E-state index in [1.165, 1.54) is 0 Å². The summed E-state index contributed by atoms with van der Waals surface area (Å²) in [5.41, 5.74) is 1.08. The quantitative estimate of drug-likeness (QED) is 0.770. The second-order valence-corrected chi connectivity index (χ2v) is 5.09. The number of piperazine rings is 1. The molecule has 1 atom stereocenters. The van der Waals surface area contributed by atoms with Crippen LogP contribution < -0.4 is 16.0 Å². The van der Waals surface area contributed by atoms with Gasteiger partial charge in [0.25, 0.3) is 0 Å². The topological polar surface area (TPSA) is 70.2 Å². The molecule has 108 valence electrons. The smallest absolute Gasteiger partial charge is 0.239 e. The predicted octanol–water partition coefficient (Wildman–Crippen LogP) is 0.544. The summed E-state index contributed by atoms with van der Waals surface area (Å²) >= 11 is 0. The van der Waals surface area contributed by atoms with Gasteiger partial charge in [0.2, 0.25) is 11.8 Å². The van der Waals surface area contributed by atoms with Crippen molar-refractivity contribution in [2.75, 3.05) is 13.1 Å². The van der Waals surface area contributed by atoms with Gasteiger partial charge in [-0.3, -0.25) is 14.9 Å². The fourth-order valence-corrected chi connectivity index (χ4v) is 2.50. The molecular weight excluding hydrogens is 266 g/mol. The summed E-state index contributed by atoms with van der Waals surface area (Å²) in [5, 5.41) is 10.8. The van der Waals surface area contributed by atoms with Gasteiger partial charge in [-0.2, -0.15) is 0 Å². The molecule has 0 spiro atoms. The summed E-state index contributed by atoms with van der Waals surface area (Å²) < 4.78 is 0. The molecule has 0 aromatic heterocycles.